The molecule has 0 saturated carbocycles. The van der Waals surface area contributed by atoms with Gasteiger partial charge in [-0.05, 0) is 36.5 Å². The lowest BCUT2D eigenvalue weighted by molar-refractivity contribution is 0.152. The van der Waals surface area contributed by atoms with Crippen LogP contribution in [0.3, 0.4) is 0 Å². The van der Waals surface area contributed by atoms with Crippen molar-refractivity contribution in [2.45, 2.75) is 31.8 Å². The highest BCUT2D eigenvalue weighted by Gasteiger charge is 2.46. The molecule has 3 heterocycles. The van der Waals surface area contributed by atoms with E-state index in [1.54, 1.807) is 0 Å². The zero-order valence-corrected chi connectivity index (χ0v) is 14.6. The number of benzene rings is 1. The van der Waals surface area contributed by atoms with E-state index in [1.807, 2.05) is 0 Å². The molecule has 5 rings (SSSR count). The van der Waals surface area contributed by atoms with Gasteiger partial charge in [-0.1, -0.05) is 41.1 Å². The van der Waals surface area contributed by atoms with Crippen LogP contribution >= 0.6 is 15.9 Å². The quantitative estimate of drug-likeness (QED) is 0.637. The number of allylic oxidation sites excluding steroid dienone is 1. The number of rotatable bonds is 0. The lowest BCUT2D eigenvalue weighted by Gasteiger charge is -2.41. The van der Waals surface area contributed by atoms with Gasteiger partial charge in [-0.3, -0.25) is 0 Å². The van der Waals surface area contributed by atoms with Crippen LogP contribution in [0.5, 0.6) is 0 Å². The SMILES string of the molecule is CC1C=CCC2C1C1Cc3ccc(Br)cc3N1C=C1N=NCN12. The standard InChI is InChI=1S/C18H19BrN4/c1-11-3-2-4-14-18(11)16-7-12-5-6-13(19)8-15(12)22(16)9-17-21-20-10-23(14)17/h2-3,5-6,8-9,11,14,16,18H,4,7,10H2,1H3. The minimum atomic E-state index is 0.504. The van der Waals surface area contributed by atoms with E-state index in [9.17, 15) is 0 Å². The third-order valence-corrected chi connectivity index (χ3v) is 6.26. The van der Waals surface area contributed by atoms with Crippen LogP contribution in [0, 0.1) is 11.8 Å². The first-order valence-corrected chi connectivity index (χ1v) is 9.11. The molecule has 0 amide bonds. The molecule has 0 radical (unpaired) electrons. The van der Waals surface area contributed by atoms with Crippen molar-refractivity contribution < 1.29 is 0 Å². The Morgan fingerprint density at radius 2 is 2.17 bits per heavy atom. The molecule has 1 aromatic carbocycles. The topological polar surface area (TPSA) is 31.2 Å². The molecular formula is C18H19BrN4. The highest BCUT2D eigenvalue weighted by Crippen LogP contribution is 2.46. The molecule has 0 bridgehead atoms. The summed E-state index contributed by atoms with van der Waals surface area (Å²) in [5, 5.41) is 8.72. The summed E-state index contributed by atoms with van der Waals surface area (Å²) in [5.41, 5.74) is 2.76. The van der Waals surface area contributed by atoms with Crippen molar-refractivity contribution in [1.82, 2.24) is 4.90 Å². The van der Waals surface area contributed by atoms with Crippen molar-refractivity contribution in [3.63, 3.8) is 0 Å². The van der Waals surface area contributed by atoms with Gasteiger partial charge in [-0.25, -0.2) is 0 Å². The molecule has 5 heteroatoms. The largest absolute Gasteiger partial charge is 0.340 e. The van der Waals surface area contributed by atoms with Gasteiger partial charge in [-0.2, -0.15) is 5.11 Å². The Morgan fingerprint density at radius 3 is 3.09 bits per heavy atom. The molecular weight excluding hydrogens is 352 g/mol. The average Bonchev–Trinajstić information content (AvgIpc) is 3.10. The van der Waals surface area contributed by atoms with Gasteiger partial charge in [0.05, 0.1) is 0 Å². The monoisotopic (exact) mass is 370 g/mol. The molecule has 1 aliphatic carbocycles. The molecule has 4 unspecified atom stereocenters. The van der Waals surface area contributed by atoms with Crippen molar-refractivity contribution >= 4 is 21.6 Å². The van der Waals surface area contributed by atoms with E-state index >= 15 is 0 Å². The van der Waals surface area contributed by atoms with Crippen LogP contribution in [-0.2, 0) is 6.42 Å². The van der Waals surface area contributed by atoms with Gasteiger partial charge in [0, 0.05) is 34.4 Å². The lowest BCUT2D eigenvalue weighted by atomic mass is 9.75. The minimum Gasteiger partial charge on any atom is -0.340 e. The summed E-state index contributed by atoms with van der Waals surface area (Å²) in [7, 11) is 0. The summed E-state index contributed by atoms with van der Waals surface area (Å²) < 4.78 is 1.14. The van der Waals surface area contributed by atoms with Gasteiger partial charge in [0.25, 0.3) is 0 Å². The van der Waals surface area contributed by atoms with E-state index in [1.165, 1.54) is 11.3 Å². The molecule has 118 valence electrons. The molecule has 0 saturated heterocycles. The predicted molar refractivity (Wildman–Crippen MR) is 94.0 cm³/mol. The van der Waals surface area contributed by atoms with E-state index in [0.29, 0.717) is 30.6 Å². The fourth-order valence-corrected chi connectivity index (χ4v) is 5.10. The first-order valence-electron chi connectivity index (χ1n) is 8.32. The molecule has 4 nitrogen and oxygen atoms in total. The fourth-order valence-electron chi connectivity index (χ4n) is 4.75. The van der Waals surface area contributed by atoms with E-state index < -0.39 is 0 Å². The number of anilines is 1. The van der Waals surface area contributed by atoms with Crippen molar-refractivity contribution in [1.29, 1.82) is 0 Å². The number of nitrogens with zero attached hydrogens (tertiary/aromatic N) is 4. The van der Waals surface area contributed by atoms with Crippen LogP contribution in [0.15, 0.2) is 57.1 Å². The Balaban J connectivity index is 1.67. The van der Waals surface area contributed by atoms with E-state index in [2.05, 4.69) is 79.4 Å². The number of fused-ring (bicyclic) bond motifs is 7. The summed E-state index contributed by atoms with van der Waals surface area (Å²) in [5.74, 6) is 2.20. The van der Waals surface area contributed by atoms with Crippen LogP contribution in [0.2, 0.25) is 0 Å². The van der Waals surface area contributed by atoms with Crippen molar-refractivity contribution in [3.05, 3.63) is 52.4 Å². The normalized spacial score (nSPS) is 33.7. The smallest absolute Gasteiger partial charge is 0.169 e. The van der Waals surface area contributed by atoms with Gasteiger partial charge in [0.1, 0.15) is 6.67 Å². The highest BCUT2D eigenvalue weighted by atomic mass is 79.9. The molecule has 0 aromatic heterocycles. The molecule has 4 atom stereocenters. The number of hydrogen-bond donors (Lipinski definition) is 0. The van der Waals surface area contributed by atoms with Gasteiger partial charge < -0.3 is 9.80 Å². The Kier molecular flexibility index (Phi) is 2.96. The molecule has 0 spiro atoms. The van der Waals surface area contributed by atoms with Gasteiger partial charge in [0.15, 0.2) is 5.82 Å². The Bertz CT molecular complexity index is 753. The van der Waals surface area contributed by atoms with Crippen molar-refractivity contribution in [2.75, 3.05) is 11.6 Å². The van der Waals surface area contributed by atoms with Gasteiger partial charge in [-0.15, -0.1) is 5.11 Å². The summed E-state index contributed by atoms with van der Waals surface area (Å²) in [4.78, 5) is 4.87. The lowest BCUT2D eigenvalue weighted by Crippen LogP contribution is -2.48. The number of halogens is 1. The number of azo groups is 1. The molecule has 0 fully saturated rings. The second-order valence-corrected chi connectivity index (χ2v) is 7.88. The zero-order valence-electron chi connectivity index (χ0n) is 13.1. The minimum absolute atomic E-state index is 0.504. The van der Waals surface area contributed by atoms with E-state index in [4.69, 9.17) is 0 Å². The Labute approximate surface area is 144 Å². The maximum absolute atomic E-state index is 4.42. The van der Waals surface area contributed by atoms with Crippen LogP contribution < -0.4 is 4.90 Å². The average molecular weight is 371 g/mol. The summed E-state index contributed by atoms with van der Waals surface area (Å²) in [6, 6.07) is 7.67. The summed E-state index contributed by atoms with van der Waals surface area (Å²) >= 11 is 3.63. The third kappa shape index (κ3) is 1.95. The molecule has 3 aliphatic heterocycles. The summed E-state index contributed by atoms with van der Waals surface area (Å²) in [6.45, 7) is 3.07. The van der Waals surface area contributed by atoms with Crippen LogP contribution in [0.25, 0.3) is 0 Å². The third-order valence-electron chi connectivity index (χ3n) is 5.76. The second-order valence-electron chi connectivity index (χ2n) is 6.96. The second kappa shape index (κ2) is 4.94. The van der Waals surface area contributed by atoms with E-state index in [0.717, 1.165) is 23.1 Å². The van der Waals surface area contributed by atoms with Crippen molar-refractivity contribution in [2.24, 2.45) is 22.1 Å². The van der Waals surface area contributed by atoms with Crippen LogP contribution in [0.1, 0.15) is 18.9 Å². The first-order chi connectivity index (χ1) is 11.2. The molecule has 1 aromatic rings. The van der Waals surface area contributed by atoms with Gasteiger partial charge >= 0.3 is 0 Å². The Morgan fingerprint density at radius 1 is 1.26 bits per heavy atom. The van der Waals surface area contributed by atoms with Crippen LogP contribution in [0.4, 0.5) is 5.69 Å². The van der Waals surface area contributed by atoms with E-state index in [-0.39, 0.29) is 0 Å². The zero-order chi connectivity index (χ0) is 15.6. The fraction of sp³-hybridized carbons (Fsp3) is 0.444. The van der Waals surface area contributed by atoms with Gasteiger partial charge in [0.2, 0.25) is 0 Å². The first kappa shape index (κ1) is 13.8. The maximum atomic E-state index is 4.42. The molecule has 4 aliphatic rings. The van der Waals surface area contributed by atoms with Crippen molar-refractivity contribution in [3.8, 4) is 0 Å². The predicted octanol–water partition coefficient (Wildman–Crippen LogP) is 4.30. The number of hydrogen-bond acceptors (Lipinski definition) is 4. The molecule has 23 heavy (non-hydrogen) atoms. The Hall–Kier alpha value is -1.62. The highest BCUT2D eigenvalue weighted by molar-refractivity contribution is 9.10. The van der Waals surface area contributed by atoms with Crippen LogP contribution in [-0.4, -0.2) is 23.7 Å². The maximum Gasteiger partial charge on any atom is 0.169 e. The molecule has 0 N–H and O–H groups in total. The summed E-state index contributed by atoms with van der Waals surface area (Å²) in [6.07, 6.45) is 9.19.